The van der Waals surface area contributed by atoms with Gasteiger partial charge in [0.05, 0.1) is 17.9 Å². The van der Waals surface area contributed by atoms with E-state index >= 15 is 0 Å². The van der Waals surface area contributed by atoms with Crippen LogP contribution in [0.5, 0.6) is 0 Å². The van der Waals surface area contributed by atoms with Gasteiger partial charge in [0.1, 0.15) is 0 Å². The van der Waals surface area contributed by atoms with Crippen molar-refractivity contribution in [1.82, 2.24) is 0 Å². The first-order valence-corrected chi connectivity index (χ1v) is 6.90. The minimum Gasteiger partial charge on any atom is -0.374 e. The molecule has 3 rings (SSSR count). The van der Waals surface area contributed by atoms with Gasteiger partial charge in [-0.25, -0.2) is 0 Å². The van der Waals surface area contributed by atoms with Crippen LogP contribution >= 0.6 is 15.9 Å². The first-order valence-electron chi connectivity index (χ1n) is 6.11. The molecule has 90 valence electrons. The third-order valence-corrected chi connectivity index (χ3v) is 4.10. The number of hydrogen-bond acceptors (Lipinski definition) is 2. The van der Waals surface area contributed by atoms with Crippen molar-refractivity contribution in [2.45, 2.75) is 31.7 Å². The topological polar surface area (TPSA) is 32.3 Å². The maximum absolute atomic E-state index is 12.1. The highest BCUT2D eigenvalue weighted by atomic mass is 79.9. The predicted molar refractivity (Wildman–Crippen MR) is 72.4 cm³/mol. The maximum atomic E-state index is 12.1. The van der Waals surface area contributed by atoms with Crippen LogP contribution in [0.3, 0.4) is 0 Å². The molecule has 0 radical (unpaired) electrons. The summed E-state index contributed by atoms with van der Waals surface area (Å²) in [6, 6.07) is 6.48. The Kier molecular flexibility index (Phi) is 2.82. The SMILES string of the molecule is O=C1CNc2ccc(Br)cc2N1C1CCCC1. The summed E-state index contributed by atoms with van der Waals surface area (Å²) in [6.45, 7) is 0.422. The first-order chi connectivity index (χ1) is 8.25. The van der Waals surface area contributed by atoms with Gasteiger partial charge in [-0.05, 0) is 31.0 Å². The van der Waals surface area contributed by atoms with Gasteiger partial charge in [0.2, 0.25) is 5.91 Å². The lowest BCUT2D eigenvalue weighted by Gasteiger charge is -2.34. The van der Waals surface area contributed by atoms with E-state index in [2.05, 4.69) is 21.2 Å². The summed E-state index contributed by atoms with van der Waals surface area (Å²) in [5.74, 6) is 0.197. The zero-order chi connectivity index (χ0) is 11.8. The molecule has 1 aromatic rings. The molecule has 0 aromatic heterocycles. The van der Waals surface area contributed by atoms with Crippen molar-refractivity contribution < 1.29 is 4.79 Å². The number of benzene rings is 1. The molecule has 1 N–H and O–H groups in total. The van der Waals surface area contributed by atoms with Crippen LogP contribution in [-0.4, -0.2) is 18.5 Å². The van der Waals surface area contributed by atoms with E-state index in [-0.39, 0.29) is 5.91 Å². The molecular formula is C13H15BrN2O. The van der Waals surface area contributed by atoms with Gasteiger partial charge < -0.3 is 10.2 Å². The summed E-state index contributed by atoms with van der Waals surface area (Å²) in [5, 5.41) is 3.18. The normalized spacial score (nSPS) is 20.3. The number of nitrogens with zero attached hydrogens (tertiary/aromatic N) is 1. The van der Waals surface area contributed by atoms with Crippen LogP contribution in [0.15, 0.2) is 22.7 Å². The Morgan fingerprint density at radius 1 is 1.29 bits per heavy atom. The van der Waals surface area contributed by atoms with Crippen LogP contribution in [0.25, 0.3) is 0 Å². The molecule has 1 aliphatic carbocycles. The van der Waals surface area contributed by atoms with E-state index in [0.29, 0.717) is 12.6 Å². The van der Waals surface area contributed by atoms with Gasteiger partial charge in [0.15, 0.2) is 0 Å². The number of fused-ring (bicyclic) bond motifs is 1. The van der Waals surface area contributed by atoms with Crippen LogP contribution in [0.2, 0.25) is 0 Å². The Balaban J connectivity index is 2.02. The average molecular weight is 295 g/mol. The standard InChI is InChI=1S/C13H15BrN2O/c14-9-5-6-11-12(7-9)16(13(17)8-15-11)10-3-1-2-4-10/h5-7,10,15H,1-4,8H2. The van der Waals surface area contributed by atoms with Crippen LogP contribution in [0.4, 0.5) is 11.4 Å². The van der Waals surface area contributed by atoms with Crippen LogP contribution in [0.1, 0.15) is 25.7 Å². The van der Waals surface area contributed by atoms with Crippen LogP contribution < -0.4 is 10.2 Å². The number of anilines is 2. The van der Waals surface area contributed by atoms with Gasteiger partial charge in [-0.3, -0.25) is 4.79 Å². The maximum Gasteiger partial charge on any atom is 0.246 e. The Morgan fingerprint density at radius 2 is 2.06 bits per heavy atom. The lowest BCUT2D eigenvalue weighted by atomic mass is 10.1. The fourth-order valence-corrected chi connectivity index (χ4v) is 3.16. The van der Waals surface area contributed by atoms with Gasteiger partial charge in [0.25, 0.3) is 0 Å². The summed E-state index contributed by atoms with van der Waals surface area (Å²) in [4.78, 5) is 14.1. The molecule has 0 unspecified atom stereocenters. The van der Waals surface area contributed by atoms with E-state index in [0.717, 1.165) is 28.7 Å². The molecule has 0 atom stereocenters. The summed E-state index contributed by atoms with van der Waals surface area (Å²) >= 11 is 3.48. The summed E-state index contributed by atoms with van der Waals surface area (Å²) in [7, 11) is 0. The number of nitrogens with one attached hydrogen (secondary N) is 1. The van der Waals surface area contributed by atoms with Crippen LogP contribution in [-0.2, 0) is 4.79 Å². The Labute approximate surface area is 109 Å². The van der Waals surface area contributed by atoms with E-state index < -0.39 is 0 Å². The number of hydrogen-bond donors (Lipinski definition) is 1. The van der Waals surface area contributed by atoms with Gasteiger partial charge >= 0.3 is 0 Å². The van der Waals surface area contributed by atoms with Gasteiger partial charge in [0, 0.05) is 10.5 Å². The van der Waals surface area contributed by atoms with Crippen molar-refractivity contribution in [3.8, 4) is 0 Å². The first kappa shape index (κ1) is 11.1. The second-order valence-electron chi connectivity index (χ2n) is 4.72. The molecule has 0 saturated heterocycles. The minimum absolute atomic E-state index is 0.197. The van der Waals surface area contributed by atoms with Gasteiger partial charge in [-0.15, -0.1) is 0 Å². The second kappa shape index (κ2) is 4.33. The number of carbonyl (C=O) groups is 1. The molecule has 1 aliphatic heterocycles. The monoisotopic (exact) mass is 294 g/mol. The minimum atomic E-state index is 0.197. The smallest absolute Gasteiger partial charge is 0.246 e. The van der Waals surface area contributed by atoms with E-state index in [4.69, 9.17) is 0 Å². The highest BCUT2D eigenvalue weighted by Crippen LogP contribution is 2.37. The number of rotatable bonds is 1. The zero-order valence-electron chi connectivity index (χ0n) is 9.58. The van der Waals surface area contributed by atoms with Crippen LogP contribution in [0, 0.1) is 0 Å². The molecule has 1 amide bonds. The third-order valence-electron chi connectivity index (χ3n) is 3.61. The molecule has 0 bridgehead atoms. The van der Waals surface area contributed by atoms with E-state index in [1.54, 1.807) is 0 Å². The molecule has 3 nitrogen and oxygen atoms in total. The molecular weight excluding hydrogens is 280 g/mol. The lowest BCUT2D eigenvalue weighted by Crippen LogP contribution is -2.45. The largest absolute Gasteiger partial charge is 0.374 e. The molecule has 17 heavy (non-hydrogen) atoms. The molecule has 2 aliphatic rings. The van der Waals surface area contributed by atoms with Gasteiger partial charge in [-0.2, -0.15) is 0 Å². The van der Waals surface area contributed by atoms with Crippen molar-refractivity contribution in [2.75, 3.05) is 16.8 Å². The van der Waals surface area contributed by atoms with Crippen molar-refractivity contribution in [3.63, 3.8) is 0 Å². The Bertz CT molecular complexity index is 455. The molecule has 0 spiro atoms. The number of carbonyl (C=O) groups excluding carboxylic acids is 1. The Morgan fingerprint density at radius 3 is 2.82 bits per heavy atom. The highest BCUT2D eigenvalue weighted by Gasteiger charge is 2.32. The van der Waals surface area contributed by atoms with Crippen molar-refractivity contribution in [2.24, 2.45) is 0 Å². The average Bonchev–Trinajstić information content (AvgIpc) is 2.82. The quantitative estimate of drug-likeness (QED) is 0.863. The Hall–Kier alpha value is -1.03. The molecule has 1 fully saturated rings. The molecule has 1 saturated carbocycles. The van der Waals surface area contributed by atoms with Crippen molar-refractivity contribution >= 4 is 33.2 Å². The fourth-order valence-electron chi connectivity index (χ4n) is 2.81. The summed E-state index contributed by atoms with van der Waals surface area (Å²) < 4.78 is 1.02. The number of halogens is 1. The highest BCUT2D eigenvalue weighted by molar-refractivity contribution is 9.10. The molecule has 1 heterocycles. The number of amides is 1. The van der Waals surface area contributed by atoms with Gasteiger partial charge in [-0.1, -0.05) is 28.8 Å². The summed E-state index contributed by atoms with van der Waals surface area (Å²) in [5.41, 5.74) is 2.10. The van der Waals surface area contributed by atoms with Crippen molar-refractivity contribution in [3.05, 3.63) is 22.7 Å². The summed E-state index contributed by atoms with van der Waals surface area (Å²) in [6.07, 6.45) is 4.76. The zero-order valence-corrected chi connectivity index (χ0v) is 11.2. The van der Waals surface area contributed by atoms with Crippen molar-refractivity contribution in [1.29, 1.82) is 0 Å². The van der Waals surface area contributed by atoms with E-state index in [1.807, 2.05) is 23.1 Å². The van der Waals surface area contributed by atoms with E-state index in [9.17, 15) is 4.79 Å². The molecule has 1 aromatic carbocycles. The lowest BCUT2D eigenvalue weighted by molar-refractivity contribution is -0.117. The van der Waals surface area contributed by atoms with E-state index in [1.165, 1.54) is 12.8 Å². The third kappa shape index (κ3) is 1.95. The fraction of sp³-hybridized carbons (Fsp3) is 0.462. The second-order valence-corrected chi connectivity index (χ2v) is 5.63. The molecule has 4 heteroatoms. The predicted octanol–water partition coefficient (Wildman–Crippen LogP) is 3.15.